The van der Waals surface area contributed by atoms with Crippen LogP contribution in [0.4, 0.5) is 0 Å². The van der Waals surface area contributed by atoms with Crippen molar-refractivity contribution in [3.05, 3.63) is 0 Å². The molecule has 1 N–H and O–H groups in total. The van der Waals surface area contributed by atoms with E-state index in [1.54, 1.807) is 0 Å². The third kappa shape index (κ3) is 10.2. The Morgan fingerprint density at radius 1 is 1.15 bits per heavy atom. The lowest BCUT2D eigenvalue weighted by Crippen LogP contribution is -2.20. The van der Waals surface area contributed by atoms with Gasteiger partial charge in [0, 0.05) is 6.04 Å². The van der Waals surface area contributed by atoms with Crippen molar-refractivity contribution in [2.75, 3.05) is 18.6 Å². The van der Waals surface area contributed by atoms with Gasteiger partial charge in [0.2, 0.25) is 0 Å². The van der Waals surface area contributed by atoms with Gasteiger partial charge >= 0.3 is 0 Å². The summed E-state index contributed by atoms with van der Waals surface area (Å²) in [5.41, 5.74) is 0. The highest BCUT2D eigenvalue weighted by Crippen LogP contribution is 2.09. The summed E-state index contributed by atoms with van der Waals surface area (Å²) >= 11 is 2.12. The zero-order valence-corrected chi connectivity index (χ0v) is 10.3. The van der Waals surface area contributed by atoms with Crippen molar-refractivity contribution in [3.63, 3.8) is 0 Å². The minimum absolute atomic E-state index is 0.695. The molecule has 0 radical (unpaired) electrons. The highest BCUT2D eigenvalue weighted by Gasteiger charge is 1.96. The van der Waals surface area contributed by atoms with Crippen LogP contribution in [0.15, 0.2) is 0 Å². The number of hydrogen-bond acceptors (Lipinski definition) is 2. The second kappa shape index (κ2) is 10.4. The predicted molar refractivity (Wildman–Crippen MR) is 64.6 cm³/mol. The number of thioether (sulfide) groups is 1. The van der Waals surface area contributed by atoms with E-state index in [9.17, 15) is 0 Å². The van der Waals surface area contributed by atoms with Gasteiger partial charge in [-0.05, 0) is 44.7 Å². The first-order chi connectivity index (χ1) is 6.31. The van der Waals surface area contributed by atoms with Crippen molar-refractivity contribution in [1.82, 2.24) is 5.32 Å². The second-order valence-corrected chi connectivity index (χ2v) is 4.88. The number of unbranched alkanes of at least 4 members (excludes halogenated alkanes) is 2. The van der Waals surface area contributed by atoms with E-state index >= 15 is 0 Å². The Bertz CT molecular complexity index is 96.1. The van der Waals surface area contributed by atoms with Gasteiger partial charge in [-0.3, -0.25) is 0 Å². The van der Waals surface area contributed by atoms with Crippen LogP contribution in [0.5, 0.6) is 0 Å². The minimum atomic E-state index is 0.695. The normalized spacial score (nSPS) is 13.2. The summed E-state index contributed by atoms with van der Waals surface area (Å²) in [6.45, 7) is 4.51. The average Bonchev–Trinajstić information content (AvgIpc) is 2.16. The van der Waals surface area contributed by atoms with Crippen LogP contribution >= 0.6 is 11.8 Å². The Hall–Kier alpha value is 0.310. The Balaban J connectivity index is 2.91. The molecular weight excluding hydrogens is 178 g/mol. The van der Waals surface area contributed by atoms with Gasteiger partial charge in [-0.15, -0.1) is 0 Å². The first kappa shape index (κ1) is 13.3. The van der Waals surface area contributed by atoms with E-state index in [0.717, 1.165) is 0 Å². The molecule has 0 aromatic heterocycles. The van der Waals surface area contributed by atoms with Gasteiger partial charge in [0.25, 0.3) is 0 Å². The lowest BCUT2D eigenvalue weighted by Gasteiger charge is -2.08. The molecule has 0 saturated carbocycles. The van der Waals surface area contributed by atoms with E-state index in [0.29, 0.717) is 6.04 Å². The molecule has 0 aliphatic heterocycles. The first-order valence-corrected chi connectivity index (χ1v) is 6.71. The van der Waals surface area contributed by atoms with Gasteiger partial charge in [-0.25, -0.2) is 0 Å². The van der Waals surface area contributed by atoms with Gasteiger partial charge < -0.3 is 5.32 Å². The molecule has 0 amide bonds. The van der Waals surface area contributed by atoms with Crippen LogP contribution in [-0.2, 0) is 0 Å². The SMILES string of the molecule is CCCCSCCCCC(C)NC. The van der Waals surface area contributed by atoms with E-state index in [2.05, 4.69) is 30.9 Å². The highest BCUT2D eigenvalue weighted by molar-refractivity contribution is 7.99. The van der Waals surface area contributed by atoms with Gasteiger partial charge in [-0.1, -0.05) is 19.8 Å². The summed E-state index contributed by atoms with van der Waals surface area (Å²) < 4.78 is 0. The van der Waals surface area contributed by atoms with Crippen molar-refractivity contribution < 1.29 is 0 Å². The lowest BCUT2D eigenvalue weighted by atomic mass is 10.1. The monoisotopic (exact) mass is 203 g/mol. The van der Waals surface area contributed by atoms with Crippen molar-refractivity contribution in [2.24, 2.45) is 0 Å². The maximum Gasteiger partial charge on any atom is 0.00357 e. The van der Waals surface area contributed by atoms with Gasteiger partial charge in [0.1, 0.15) is 0 Å². The summed E-state index contributed by atoms with van der Waals surface area (Å²) in [6.07, 6.45) is 6.81. The number of nitrogens with one attached hydrogen (secondary N) is 1. The highest BCUT2D eigenvalue weighted by atomic mass is 32.2. The number of rotatable bonds is 9. The molecule has 13 heavy (non-hydrogen) atoms. The van der Waals surface area contributed by atoms with Crippen LogP contribution in [0.3, 0.4) is 0 Å². The lowest BCUT2D eigenvalue weighted by molar-refractivity contribution is 0.539. The van der Waals surface area contributed by atoms with E-state index in [1.807, 2.05) is 7.05 Å². The molecule has 0 fully saturated rings. The molecule has 0 aliphatic rings. The topological polar surface area (TPSA) is 12.0 Å². The molecule has 0 aromatic carbocycles. The zero-order chi connectivity index (χ0) is 9.94. The molecule has 1 unspecified atom stereocenters. The van der Waals surface area contributed by atoms with Crippen molar-refractivity contribution in [3.8, 4) is 0 Å². The largest absolute Gasteiger partial charge is 0.317 e. The maximum absolute atomic E-state index is 3.27. The predicted octanol–water partition coefficient (Wildman–Crippen LogP) is 3.30. The third-order valence-corrected chi connectivity index (χ3v) is 3.47. The molecule has 1 atom stereocenters. The minimum Gasteiger partial charge on any atom is -0.317 e. The fourth-order valence-corrected chi connectivity index (χ4v) is 2.25. The molecule has 80 valence electrons. The summed E-state index contributed by atoms with van der Waals surface area (Å²) in [5.74, 6) is 2.72. The number of hydrogen-bond donors (Lipinski definition) is 1. The van der Waals surface area contributed by atoms with Gasteiger partial charge in [0.05, 0.1) is 0 Å². The molecule has 0 heterocycles. The smallest absolute Gasteiger partial charge is 0.00357 e. The zero-order valence-electron chi connectivity index (χ0n) is 9.44. The van der Waals surface area contributed by atoms with Crippen molar-refractivity contribution >= 4 is 11.8 Å². The molecule has 0 spiro atoms. The van der Waals surface area contributed by atoms with Gasteiger partial charge in [-0.2, -0.15) is 11.8 Å². The summed E-state index contributed by atoms with van der Waals surface area (Å²) in [5, 5.41) is 3.27. The van der Waals surface area contributed by atoms with E-state index < -0.39 is 0 Å². The third-order valence-electron chi connectivity index (χ3n) is 2.31. The Morgan fingerprint density at radius 3 is 2.46 bits per heavy atom. The molecular formula is C11H25NS. The van der Waals surface area contributed by atoms with Crippen LogP contribution in [-0.4, -0.2) is 24.6 Å². The van der Waals surface area contributed by atoms with Crippen molar-refractivity contribution in [2.45, 2.75) is 52.0 Å². The fraction of sp³-hybridized carbons (Fsp3) is 1.00. The molecule has 0 aromatic rings. The Morgan fingerprint density at radius 2 is 1.85 bits per heavy atom. The molecule has 0 aliphatic carbocycles. The van der Waals surface area contributed by atoms with Crippen LogP contribution in [0.25, 0.3) is 0 Å². The Kier molecular flexibility index (Phi) is 10.6. The molecule has 0 bridgehead atoms. The van der Waals surface area contributed by atoms with E-state index in [4.69, 9.17) is 0 Å². The summed E-state index contributed by atoms with van der Waals surface area (Å²) in [4.78, 5) is 0. The standard InChI is InChI=1S/C11H25NS/c1-4-5-9-13-10-7-6-8-11(2)12-3/h11-12H,4-10H2,1-3H3. The van der Waals surface area contributed by atoms with Crippen molar-refractivity contribution in [1.29, 1.82) is 0 Å². The average molecular weight is 203 g/mol. The fourth-order valence-electron chi connectivity index (χ4n) is 1.15. The molecule has 0 rings (SSSR count). The van der Waals surface area contributed by atoms with Crippen LogP contribution in [0.1, 0.15) is 46.0 Å². The molecule has 1 nitrogen and oxygen atoms in total. The van der Waals surface area contributed by atoms with Crippen LogP contribution in [0.2, 0.25) is 0 Å². The van der Waals surface area contributed by atoms with E-state index in [-0.39, 0.29) is 0 Å². The summed E-state index contributed by atoms with van der Waals surface area (Å²) in [6, 6.07) is 0.695. The first-order valence-electron chi connectivity index (χ1n) is 5.56. The molecule has 0 saturated heterocycles. The maximum atomic E-state index is 3.27. The van der Waals surface area contributed by atoms with E-state index in [1.165, 1.54) is 43.6 Å². The Labute approximate surface area is 88.1 Å². The second-order valence-electron chi connectivity index (χ2n) is 3.65. The summed E-state index contributed by atoms with van der Waals surface area (Å²) in [7, 11) is 2.04. The molecule has 2 heteroatoms. The quantitative estimate of drug-likeness (QED) is 0.577. The van der Waals surface area contributed by atoms with Gasteiger partial charge in [0.15, 0.2) is 0 Å². The van der Waals surface area contributed by atoms with Crippen LogP contribution in [0, 0.1) is 0 Å². The van der Waals surface area contributed by atoms with Crippen LogP contribution < -0.4 is 5.32 Å².